The molecular formula is C52H65Cl2N2O2-. The van der Waals surface area contributed by atoms with Crippen LogP contribution in [0.1, 0.15) is 133 Å². The van der Waals surface area contributed by atoms with Gasteiger partial charge in [0.2, 0.25) is 0 Å². The molecule has 310 valence electrons. The molecule has 0 saturated heterocycles. The Morgan fingerprint density at radius 2 is 0.897 bits per heavy atom. The molecule has 58 heavy (non-hydrogen) atoms. The number of nitrogens with zero attached hydrogens (tertiary/aromatic N) is 1. The van der Waals surface area contributed by atoms with Crippen molar-refractivity contribution >= 4 is 17.4 Å². The van der Waals surface area contributed by atoms with Gasteiger partial charge in [0.25, 0.3) is 5.91 Å². The SMILES string of the molecule is CCc1ccc(C(=O)Cc2ccc(C(C)(C)c3ccc(C(C)(C)c4ccc(NC(=O)c5ccc(CCCCCCCC[N+](C)(C)C)cc5)cc4)cc3)cc2)cc1.[Cl-].[Cl-]. The number of carbonyl (C=O) groups excluding carboxylic acids is 2. The van der Waals surface area contributed by atoms with Crippen molar-refractivity contribution in [2.45, 2.75) is 103 Å². The maximum absolute atomic E-state index is 13.1. The molecule has 5 rings (SSSR count). The number of Topliss-reactive ketones (excluding diaryl/α,β-unsaturated/α-hetero) is 1. The highest BCUT2D eigenvalue weighted by molar-refractivity contribution is 6.04. The zero-order chi connectivity index (χ0) is 40.3. The van der Waals surface area contributed by atoms with Crippen LogP contribution in [-0.2, 0) is 30.1 Å². The number of hydrogen-bond acceptors (Lipinski definition) is 2. The average molecular weight is 821 g/mol. The van der Waals surface area contributed by atoms with E-state index in [1.807, 2.05) is 48.5 Å². The van der Waals surface area contributed by atoms with Crippen molar-refractivity contribution in [1.82, 2.24) is 0 Å². The number of rotatable bonds is 19. The lowest BCUT2D eigenvalue weighted by Crippen LogP contribution is -3.00. The predicted molar refractivity (Wildman–Crippen MR) is 236 cm³/mol. The first-order valence-electron chi connectivity index (χ1n) is 20.8. The third-order valence-corrected chi connectivity index (χ3v) is 11.7. The Balaban J connectivity index is 0.00000450. The lowest BCUT2D eigenvalue weighted by molar-refractivity contribution is -0.870. The molecule has 6 heteroatoms. The van der Waals surface area contributed by atoms with Crippen LogP contribution in [0, 0.1) is 0 Å². The Hall–Kier alpha value is -4.22. The van der Waals surface area contributed by atoms with Gasteiger partial charge in [-0.05, 0) is 95.3 Å². The number of aryl methyl sites for hydroxylation is 2. The van der Waals surface area contributed by atoms with Crippen molar-refractivity contribution < 1.29 is 38.9 Å². The van der Waals surface area contributed by atoms with Crippen LogP contribution in [0.5, 0.6) is 0 Å². The van der Waals surface area contributed by atoms with Crippen LogP contribution in [0.3, 0.4) is 0 Å². The first kappa shape index (κ1) is 48.2. The van der Waals surface area contributed by atoms with E-state index in [-0.39, 0.29) is 47.3 Å². The van der Waals surface area contributed by atoms with E-state index in [0.717, 1.165) is 34.1 Å². The van der Waals surface area contributed by atoms with E-state index in [1.54, 1.807) is 0 Å². The molecular weight excluding hydrogens is 755 g/mol. The standard InChI is InChI=1S/C52H64N2O2.2ClH/c1-9-39-17-23-42(24-18-39)49(55)38-41-21-27-44(28-22-41)51(2,3)45-29-31-46(32-30-45)52(4,5)47-33-35-48(36-34-47)53-50(56)43-25-19-40(20-26-43)16-14-12-10-11-13-15-37-54(6,7)8;;/h17-36H,9-16,37-38H2,1-8H3;2*1H/p-1. The highest BCUT2D eigenvalue weighted by atomic mass is 35.5. The topological polar surface area (TPSA) is 46.2 Å². The zero-order valence-electron chi connectivity index (χ0n) is 36.1. The maximum atomic E-state index is 13.1. The molecule has 0 aliphatic carbocycles. The quantitative estimate of drug-likeness (QED) is 0.0616. The first-order valence-corrected chi connectivity index (χ1v) is 20.8. The molecule has 0 unspecified atom stereocenters. The monoisotopic (exact) mass is 819 g/mol. The van der Waals surface area contributed by atoms with Gasteiger partial charge in [0.1, 0.15) is 0 Å². The summed E-state index contributed by atoms with van der Waals surface area (Å²) in [5, 5.41) is 3.09. The molecule has 4 nitrogen and oxygen atoms in total. The van der Waals surface area contributed by atoms with Crippen molar-refractivity contribution in [2.75, 3.05) is 33.0 Å². The van der Waals surface area contributed by atoms with E-state index in [1.165, 1.54) is 78.5 Å². The minimum Gasteiger partial charge on any atom is -1.00 e. The van der Waals surface area contributed by atoms with Crippen molar-refractivity contribution in [1.29, 1.82) is 0 Å². The summed E-state index contributed by atoms with van der Waals surface area (Å²) in [7, 11) is 6.79. The minimum absolute atomic E-state index is 0. The Kier molecular flexibility index (Phi) is 18.0. The Morgan fingerprint density at radius 3 is 1.38 bits per heavy atom. The summed E-state index contributed by atoms with van der Waals surface area (Å²) in [5.74, 6) is 0.0582. The Labute approximate surface area is 362 Å². The van der Waals surface area contributed by atoms with Gasteiger partial charge in [0, 0.05) is 34.1 Å². The van der Waals surface area contributed by atoms with Crippen LogP contribution in [0.4, 0.5) is 5.69 Å². The van der Waals surface area contributed by atoms with Gasteiger partial charge < -0.3 is 34.6 Å². The molecule has 1 amide bonds. The molecule has 0 radical (unpaired) electrons. The van der Waals surface area contributed by atoms with E-state index in [9.17, 15) is 9.59 Å². The van der Waals surface area contributed by atoms with Gasteiger partial charge >= 0.3 is 0 Å². The van der Waals surface area contributed by atoms with Crippen LogP contribution in [-0.4, -0.2) is 43.9 Å². The molecule has 0 bridgehead atoms. The maximum Gasteiger partial charge on any atom is 0.255 e. The number of amides is 1. The summed E-state index contributed by atoms with van der Waals surface area (Å²) in [6.45, 7) is 12.4. The van der Waals surface area contributed by atoms with Crippen LogP contribution in [0.2, 0.25) is 0 Å². The summed E-state index contributed by atoms with van der Waals surface area (Å²) < 4.78 is 1.05. The third kappa shape index (κ3) is 13.4. The molecule has 1 N–H and O–H groups in total. The summed E-state index contributed by atoms with van der Waals surface area (Å²) in [6.07, 6.45) is 10.1. The van der Waals surface area contributed by atoms with E-state index in [0.29, 0.717) is 12.0 Å². The van der Waals surface area contributed by atoms with Gasteiger partial charge in [-0.25, -0.2) is 0 Å². The summed E-state index contributed by atoms with van der Waals surface area (Å²) in [4.78, 5) is 26.0. The predicted octanol–water partition coefficient (Wildman–Crippen LogP) is 6.18. The number of halogens is 2. The fourth-order valence-electron chi connectivity index (χ4n) is 7.51. The first-order chi connectivity index (χ1) is 26.7. The fourth-order valence-corrected chi connectivity index (χ4v) is 7.51. The molecule has 0 spiro atoms. The van der Waals surface area contributed by atoms with Crippen LogP contribution < -0.4 is 30.1 Å². The van der Waals surface area contributed by atoms with Crippen LogP contribution in [0.15, 0.2) is 121 Å². The van der Waals surface area contributed by atoms with Gasteiger partial charge in [0.05, 0.1) is 27.7 Å². The number of unbranched alkanes of at least 4 members (excludes halogenated alkanes) is 5. The second kappa shape index (κ2) is 21.7. The minimum atomic E-state index is -0.224. The fraction of sp³-hybridized carbons (Fsp3) is 0.385. The van der Waals surface area contributed by atoms with Crippen LogP contribution >= 0.6 is 0 Å². The lowest BCUT2D eigenvalue weighted by atomic mass is 9.74. The number of ketones is 1. The highest BCUT2D eigenvalue weighted by Gasteiger charge is 2.27. The number of benzene rings is 5. The summed E-state index contributed by atoms with van der Waals surface area (Å²) >= 11 is 0. The van der Waals surface area contributed by atoms with Crippen molar-refractivity contribution in [3.8, 4) is 0 Å². The number of quaternary nitrogens is 1. The molecule has 0 atom stereocenters. The third-order valence-electron chi connectivity index (χ3n) is 11.7. The molecule has 0 saturated carbocycles. The van der Waals surface area contributed by atoms with E-state index in [4.69, 9.17) is 0 Å². The van der Waals surface area contributed by atoms with Crippen molar-refractivity contribution in [2.24, 2.45) is 0 Å². The lowest BCUT2D eigenvalue weighted by Gasteiger charge is -2.30. The van der Waals surface area contributed by atoms with E-state index >= 15 is 0 Å². The van der Waals surface area contributed by atoms with Gasteiger partial charge in [-0.15, -0.1) is 0 Å². The summed E-state index contributed by atoms with van der Waals surface area (Å²) in [6, 6.07) is 41.8. The van der Waals surface area contributed by atoms with Crippen molar-refractivity contribution in [3.05, 3.63) is 171 Å². The van der Waals surface area contributed by atoms with Crippen molar-refractivity contribution in [3.63, 3.8) is 0 Å². The van der Waals surface area contributed by atoms with Crippen LogP contribution in [0.25, 0.3) is 0 Å². The zero-order valence-corrected chi connectivity index (χ0v) is 37.6. The normalized spacial score (nSPS) is 11.7. The highest BCUT2D eigenvalue weighted by Crippen LogP contribution is 2.36. The molecule has 0 aromatic heterocycles. The smallest absolute Gasteiger partial charge is 0.255 e. The molecule has 5 aromatic carbocycles. The second-order valence-electron chi connectivity index (χ2n) is 17.8. The number of carbonyl (C=O) groups is 2. The largest absolute Gasteiger partial charge is 1.00 e. The van der Waals surface area contributed by atoms with E-state index < -0.39 is 0 Å². The molecule has 0 fully saturated rings. The second-order valence-corrected chi connectivity index (χ2v) is 17.8. The van der Waals surface area contributed by atoms with E-state index in [2.05, 4.69) is 134 Å². The molecule has 5 aromatic rings. The Bertz CT molecular complexity index is 2010. The molecule has 0 heterocycles. The molecule has 0 aliphatic rings. The van der Waals surface area contributed by atoms with Gasteiger partial charge in [-0.3, -0.25) is 9.59 Å². The molecule has 0 aliphatic heterocycles. The number of nitrogens with one attached hydrogen (secondary N) is 1. The number of anilines is 1. The number of hydrogen-bond donors (Lipinski definition) is 1. The van der Waals surface area contributed by atoms with Gasteiger partial charge in [-0.1, -0.05) is 151 Å². The Morgan fingerprint density at radius 1 is 0.500 bits per heavy atom. The van der Waals surface area contributed by atoms with Gasteiger partial charge in [-0.2, -0.15) is 0 Å². The average Bonchev–Trinajstić information content (AvgIpc) is 3.19. The van der Waals surface area contributed by atoms with Gasteiger partial charge in [0.15, 0.2) is 5.78 Å². The summed E-state index contributed by atoms with van der Waals surface area (Å²) in [5.41, 5.74) is 10.2.